The highest BCUT2D eigenvalue weighted by molar-refractivity contribution is 6.08. The molecule has 132 valence electrons. The van der Waals surface area contributed by atoms with Crippen molar-refractivity contribution >= 4 is 17.4 Å². The third-order valence-electron chi connectivity index (χ3n) is 4.24. The van der Waals surface area contributed by atoms with Gasteiger partial charge in [-0.05, 0) is 18.2 Å². The molecule has 3 aromatic rings. The summed E-state index contributed by atoms with van der Waals surface area (Å²) in [6.45, 7) is 1.77. The minimum atomic E-state index is -0.475. The summed E-state index contributed by atoms with van der Waals surface area (Å²) in [6, 6.07) is 20.8. The topological polar surface area (TPSA) is 73.8 Å². The Morgan fingerprint density at radius 2 is 1.63 bits per heavy atom. The van der Waals surface area contributed by atoms with Crippen molar-refractivity contribution in [3.8, 4) is 6.07 Å². The molecule has 0 saturated heterocycles. The van der Waals surface area contributed by atoms with Crippen LogP contribution in [-0.2, 0) is 4.79 Å². The molecule has 0 radical (unpaired) electrons. The third-order valence-corrected chi connectivity index (χ3v) is 4.24. The number of nitrogens with zero attached hydrogens (tertiary/aromatic N) is 2. The fraction of sp³-hybridized carbons (Fsp3) is 0.0909. The minimum Gasteiger partial charge on any atom is -0.320 e. The van der Waals surface area contributed by atoms with E-state index in [9.17, 15) is 9.59 Å². The maximum atomic E-state index is 12.5. The van der Waals surface area contributed by atoms with E-state index in [0.717, 1.165) is 0 Å². The quantitative estimate of drug-likeness (QED) is 0.563. The standard InChI is InChI=1S/C22H17N3O2/c1-16(22(27)24-20-9-5-6-17(14-20)15-23)25-12-10-19(11-13-25)21(26)18-7-3-2-4-8-18/h2-14,16H,1H3/p+1/t16-/m1/s1. The van der Waals surface area contributed by atoms with Gasteiger partial charge in [0.25, 0.3) is 5.91 Å². The van der Waals surface area contributed by atoms with Crippen LogP contribution in [0.5, 0.6) is 0 Å². The molecule has 1 heterocycles. The van der Waals surface area contributed by atoms with Gasteiger partial charge in [0.1, 0.15) is 0 Å². The lowest BCUT2D eigenvalue weighted by Gasteiger charge is -2.09. The van der Waals surface area contributed by atoms with Crippen molar-refractivity contribution in [3.05, 3.63) is 95.8 Å². The normalized spacial score (nSPS) is 11.3. The summed E-state index contributed by atoms with van der Waals surface area (Å²) in [5.74, 6) is -0.273. The molecule has 0 aliphatic heterocycles. The lowest BCUT2D eigenvalue weighted by atomic mass is 10.0. The number of carbonyl (C=O) groups is 2. The molecule has 0 unspecified atom stereocenters. The number of hydrogen-bond donors (Lipinski definition) is 1. The number of nitrogens with one attached hydrogen (secondary N) is 1. The molecule has 1 N–H and O–H groups in total. The van der Waals surface area contributed by atoms with Crippen LogP contribution in [-0.4, -0.2) is 11.7 Å². The summed E-state index contributed by atoms with van der Waals surface area (Å²) in [6.07, 6.45) is 3.43. The summed E-state index contributed by atoms with van der Waals surface area (Å²) < 4.78 is 1.73. The lowest BCUT2D eigenvalue weighted by Crippen LogP contribution is -2.44. The largest absolute Gasteiger partial charge is 0.320 e. The van der Waals surface area contributed by atoms with Gasteiger partial charge in [-0.3, -0.25) is 9.59 Å². The van der Waals surface area contributed by atoms with Crippen LogP contribution in [0.2, 0.25) is 0 Å². The molecule has 2 aromatic carbocycles. The smallest absolute Gasteiger partial charge is 0.293 e. The number of hydrogen-bond acceptors (Lipinski definition) is 3. The Morgan fingerprint density at radius 3 is 2.30 bits per heavy atom. The molecular formula is C22H18N3O2+. The van der Waals surface area contributed by atoms with Gasteiger partial charge in [-0.1, -0.05) is 36.4 Å². The van der Waals surface area contributed by atoms with Gasteiger partial charge >= 0.3 is 0 Å². The zero-order valence-electron chi connectivity index (χ0n) is 14.8. The van der Waals surface area contributed by atoms with Gasteiger partial charge in [-0.25, -0.2) is 0 Å². The van der Waals surface area contributed by atoms with Crippen LogP contribution in [0.1, 0.15) is 34.5 Å². The number of rotatable bonds is 5. The maximum Gasteiger partial charge on any atom is 0.293 e. The fourth-order valence-corrected chi connectivity index (χ4v) is 2.65. The van der Waals surface area contributed by atoms with E-state index in [4.69, 9.17) is 5.26 Å². The molecule has 1 amide bonds. The van der Waals surface area contributed by atoms with Gasteiger partial charge in [0.15, 0.2) is 18.2 Å². The Bertz CT molecular complexity index is 1010. The van der Waals surface area contributed by atoms with E-state index in [2.05, 4.69) is 5.32 Å². The SMILES string of the molecule is C[C@H](C(=O)Nc1cccc(C#N)c1)[n+]1ccc(C(=O)c2ccccc2)cc1. The second kappa shape index (κ2) is 8.07. The van der Waals surface area contributed by atoms with Gasteiger partial charge in [-0.2, -0.15) is 9.83 Å². The zero-order chi connectivity index (χ0) is 19.2. The van der Waals surface area contributed by atoms with Crippen LogP contribution in [0.3, 0.4) is 0 Å². The zero-order valence-corrected chi connectivity index (χ0v) is 14.8. The monoisotopic (exact) mass is 356 g/mol. The highest BCUT2D eigenvalue weighted by Crippen LogP contribution is 2.12. The summed E-state index contributed by atoms with van der Waals surface area (Å²) >= 11 is 0. The molecular weight excluding hydrogens is 338 g/mol. The number of nitriles is 1. The Labute approximate surface area is 157 Å². The Morgan fingerprint density at radius 1 is 0.963 bits per heavy atom. The van der Waals surface area contributed by atoms with E-state index < -0.39 is 6.04 Å². The average Bonchev–Trinajstić information content (AvgIpc) is 2.73. The highest BCUT2D eigenvalue weighted by Gasteiger charge is 2.22. The van der Waals surface area contributed by atoms with Crippen LogP contribution in [0.15, 0.2) is 79.1 Å². The van der Waals surface area contributed by atoms with Gasteiger partial charge in [0, 0.05) is 35.9 Å². The molecule has 0 spiro atoms. The first-order valence-corrected chi connectivity index (χ1v) is 8.50. The van der Waals surface area contributed by atoms with E-state index in [1.165, 1.54) is 0 Å². The maximum absolute atomic E-state index is 12.5. The molecule has 5 heteroatoms. The third kappa shape index (κ3) is 4.25. The van der Waals surface area contributed by atoms with E-state index in [-0.39, 0.29) is 11.7 Å². The predicted molar refractivity (Wildman–Crippen MR) is 101 cm³/mol. The van der Waals surface area contributed by atoms with Crippen LogP contribution >= 0.6 is 0 Å². The van der Waals surface area contributed by atoms with Gasteiger partial charge in [0.05, 0.1) is 11.6 Å². The molecule has 3 rings (SSSR count). The van der Waals surface area contributed by atoms with Crippen LogP contribution in [0.4, 0.5) is 5.69 Å². The number of ketones is 1. The summed E-state index contributed by atoms with van der Waals surface area (Å²) in [4.78, 5) is 24.9. The number of anilines is 1. The molecule has 1 aromatic heterocycles. The second-order valence-corrected chi connectivity index (χ2v) is 6.09. The highest BCUT2D eigenvalue weighted by atomic mass is 16.2. The molecule has 5 nitrogen and oxygen atoms in total. The first-order chi connectivity index (χ1) is 13.1. The molecule has 27 heavy (non-hydrogen) atoms. The first kappa shape index (κ1) is 18.0. The number of carbonyl (C=O) groups excluding carboxylic acids is 2. The Kier molecular flexibility index (Phi) is 5.38. The summed E-state index contributed by atoms with van der Waals surface area (Å²) in [5.41, 5.74) is 2.24. The van der Waals surface area contributed by atoms with E-state index >= 15 is 0 Å². The van der Waals surface area contributed by atoms with Crippen molar-refractivity contribution in [3.63, 3.8) is 0 Å². The van der Waals surface area contributed by atoms with Crippen molar-refractivity contribution in [1.82, 2.24) is 0 Å². The van der Waals surface area contributed by atoms with E-state index in [1.54, 1.807) is 72.4 Å². The fourth-order valence-electron chi connectivity index (χ4n) is 2.65. The van der Waals surface area contributed by atoms with Crippen LogP contribution < -0.4 is 9.88 Å². The average molecular weight is 356 g/mol. The minimum absolute atomic E-state index is 0.0619. The molecule has 1 atom stereocenters. The number of amides is 1. The molecule has 0 aliphatic rings. The van der Waals surface area contributed by atoms with Gasteiger partial charge in [0.2, 0.25) is 6.04 Å². The second-order valence-electron chi connectivity index (χ2n) is 6.09. The lowest BCUT2D eigenvalue weighted by molar-refractivity contribution is -0.705. The first-order valence-electron chi connectivity index (χ1n) is 8.50. The van der Waals surface area contributed by atoms with Crippen LogP contribution in [0.25, 0.3) is 0 Å². The Balaban J connectivity index is 1.71. The van der Waals surface area contributed by atoms with Crippen molar-refractivity contribution in [2.45, 2.75) is 13.0 Å². The number of aromatic nitrogens is 1. The predicted octanol–water partition coefficient (Wildman–Crippen LogP) is 3.28. The molecule has 0 bridgehead atoms. The number of pyridine rings is 1. The summed E-state index contributed by atoms with van der Waals surface area (Å²) in [5, 5.41) is 11.7. The van der Waals surface area contributed by atoms with Gasteiger partial charge in [-0.15, -0.1) is 0 Å². The van der Waals surface area contributed by atoms with E-state index in [0.29, 0.717) is 22.4 Å². The van der Waals surface area contributed by atoms with E-state index in [1.807, 2.05) is 24.3 Å². The van der Waals surface area contributed by atoms with Crippen molar-refractivity contribution in [2.24, 2.45) is 0 Å². The molecule has 0 aliphatic carbocycles. The summed E-state index contributed by atoms with van der Waals surface area (Å²) in [7, 11) is 0. The number of benzene rings is 2. The van der Waals surface area contributed by atoms with Crippen molar-refractivity contribution in [1.29, 1.82) is 5.26 Å². The van der Waals surface area contributed by atoms with Gasteiger partial charge < -0.3 is 5.32 Å². The molecule has 0 saturated carbocycles. The Hall–Kier alpha value is -3.78. The van der Waals surface area contributed by atoms with Crippen LogP contribution in [0, 0.1) is 11.3 Å². The van der Waals surface area contributed by atoms with Crippen molar-refractivity contribution in [2.75, 3.05) is 5.32 Å². The van der Waals surface area contributed by atoms with Crippen molar-refractivity contribution < 1.29 is 14.2 Å². The molecule has 0 fully saturated rings.